The summed E-state index contributed by atoms with van der Waals surface area (Å²) in [6.07, 6.45) is 0. The van der Waals surface area contributed by atoms with Gasteiger partial charge in [-0.15, -0.1) is 22.7 Å². The van der Waals surface area contributed by atoms with E-state index in [-0.39, 0.29) is 23.9 Å². The summed E-state index contributed by atoms with van der Waals surface area (Å²) in [4.78, 5) is 30.9. The van der Waals surface area contributed by atoms with Crippen LogP contribution in [0, 0.1) is 0 Å². The smallest absolute Gasteiger partial charge is 0.291 e. The average molecular weight is 424 g/mol. The highest BCUT2D eigenvalue weighted by Gasteiger charge is 2.18. The van der Waals surface area contributed by atoms with E-state index in [0.29, 0.717) is 11.2 Å². The van der Waals surface area contributed by atoms with Gasteiger partial charge in [0.25, 0.3) is 5.56 Å². The number of hydrogen-bond donors (Lipinski definition) is 1. The predicted octanol–water partition coefficient (Wildman–Crippen LogP) is 4.08. The van der Waals surface area contributed by atoms with Gasteiger partial charge in [-0.05, 0) is 35.7 Å². The number of aromatic nitrogens is 4. The molecule has 146 valence electrons. The molecule has 5 aromatic rings. The highest BCUT2D eigenvalue weighted by molar-refractivity contribution is 7.17. The Bertz CT molecular complexity index is 1440. The number of thiophene rings is 1. The van der Waals surface area contributed by atoms with Gasteiger partial charge in [-0.2, -0.15) is 5.10 Å². The van der Waals surface area contributed by atoms with Crippen LogP contribution in [0.25, 0.3) is 25.9 Å². The molecule has 0 saturated heterocycles. The molecule has 1 aromatic carbocycles. The van der Waals surface area contributed by atoms with E-state index in [1.165, 1.54) is 16.0 Å². The second kappa shape index (κ2) is 6.78. The van der Waals surface area contributed by atoms with E-state index in [0.717, 1.165) is 26.3 Å². The molecule has 0 atom stereocenters. The molecular weight excluding hydrogens is 406 g/mol. The maximum Gasteiger partial charge on any atom is 0.291 e. The number of nitrogens with one attached hydrogen (secondary N) is 1. The lowest BCUT2D eigenvalue weighted by Gasteiger charge is -2.13. The quantitative estimate of drug-likeness (QED) is 0.472. The van der Waals surface area contributed by atoms with Crippen LogP contribution < -0.4 is 10.9 Å². The van der Waals surface area contributed by atoms with Gasteiger partial charge in [0.05, 0.1) is 15.7 Å². The molecule has 0 unspecified atom stereocenters. The third-order valence-electron chi connectivity index (χ3n) is 4.74. The highest BCUT2D eigenvalue weighted by Crippen LogP contribution is 2.27. The molecule has 4 aromatic heterocycles. The molecular formula is C20H17N5O2S2. The van der Waals surface area contributed by atoms with Gasteiger partial charge >= 0.3 is 0 Å². The summed E-state index contributed by atoms with van der Waals surface area (Å²) in [5.41, 5.74) is 3.61. The second-order valence-corrected chi connectivity index (χ2v) is 8.89. The minimum absolute atomic E-state index is 0.0962. The highest BCUT2D eigenvalue weighted by atomic mass is 32.1. The molecule has 9 heteroatoms. The molecule has 0 aliphatic carbocycles. The normalized spacial score (nSPS) is 11.8. The Labute approximate surface area is 173 Å². The molecule has 5 rings (SSSR count). The Morgan fingerprint density at radius 3 is 2.90 bits per heavy atom. The summed E-state index contributed by atoms with van der Waals surface area (Å²) in [7, 11) is 0. The number of carbonyl (C=O) groups excluding carboxylic acids is 1. The summed E-state index contributed by atoms with van der Waals surface area (Å²) in [6.45, 7) is 3.91. The van der Waals surface area contributed by atoms with Crippen molar-refractivity contribution < 1.29 is 4.79 Å². The lowest BCUT2D eigenvalue weighted by atomic mass is 10.2. The zero-order valence-corrected chi connectivity index (χ0v) is 17.4. The van der Waals surface area contributed by atoms with Crippen molar-refractivity contribution >= 4 is 60.2 Å². The van der Waals surface area contributed by atoms with Gasteiger partial charge in [-0.1, -0.05) is 13.8 Å². The van der Waals surface area contributed by atoms with Gasteiger partial charge < -0.3 is 5.32 Å². The zero-order valence-electron chi connectivity index (χ0n) is 15.7. The summed E-state index contributed by atoms with van der Waals surface area (Å²) in [5.74, 6) is 0.561. The predicted molar refractivity (Wildman–Crippen MR) is 117 cm³/mol. The third-order valence-corrected chi connectivity index (χ3v) is 6.45. The van der Waals surface area contributed by atoms with Gasteiger partial charge in [-0.3, -0.25) is 14.0 Å². The molecule has 0 spiro atoms. The molecule has 0 radical (unpaired) electrons. The third kappa shape index (κ3) is 3.02. The Balaban J connectivity index is 1.51. The average Bonchev–Trinajstić information content (AvgIpc) is 3.39. The zero-order chi connectivity index (χ0) is 20.1. The molecule has 0 fully saturated rings. The Kier molecular flexibility index (Phi) is 4.21. The lowest BCUT2D eigenvalue weighted by Crippen LogP contribution is -2.32. The minimum atomic E-state index is -0.295. The first-order chi connectivity index (χ1) is 14.0. The first kappa shape index (κ1) is 18.0. The monoisotopic (exact) mass is 423 g/mol. The van der Waals surface area contributed by atoms with Crippen LogP contribution in [0.2, 0.25) is 0 Å². The van der Waals surface area contributed by atoms with Crippen LogP contribution >= 0.6 is 22.7 Å². The number of amides is 1. The molecule has 4 heterocycles. The second-order valence-electron chi connectivity index (χ2n) is 7.10. The number of fused-ring (bicyclic) bond motifs is 4. The first-order valence-electron chi connectivity index (χ1n) is 9.14. The number of thiazole rings is 1. The molecule has 0 aliphatic rings. The number of anilines is 1. The number of hydrogen-bond acceptors (Lipinski definition) is 6. The maximum absolute atomic E-state index is 13.0. The Hall–Kier alpha value is -3.04. The van der Waals surface area contributed by atoms with Crippen molar-refractivity contribution in [2.45, 2.75) is 26.3 Å². The van der Waals surface area contributed by atoms with Gasteiger partial charge in [0.2, 0.25) is 5.91 Å². The lowest BCUT2D eigenvalue weighted by molar-refractivity contribution is -0.117. The fourth-order valence-corrected chi connectivity index (χ4v) is 5.03. The van der Waals surface area contributed by atoms with E-state index in [2.05, 4.69) is 15.4 Å². The summed E-state index contributed by atoms with van der Waals surface area (Å²) >= 11 is 3.09. The van der Waals surface area contributed by atoms with Crippen molar-refractivity contribution in [1.29, 1.82) is 0 Å². The molecule has 0 aliphatic heterocycles. The van der Waals surface area contributed by atoms with Crippen LogP contribution in [0.3, 0.4) is 0 Å². The topological polar surface area (TPSA) is 81.3 Å². The maximum atomic E-state index is 13.0. The van der Waals surface area contributed by atoms with Crippen LogP contribution in [0.15, 0.2) is 46.0 Å². The SMILES string of the molecule is CC(C)c1nn(CC(=O)Nc2ccc3ncsc3c2)c(=O)c2cc3ccsc3n12. The first-order valence-corrected chi connectivity index (χ1v) is 10.9. The van der Waals surface area contributed by atoms with Crippen LogP contribution in [0.1, 0.15) is 25.6 Å². The number of benzene rings is 1. The summed E-state index contributed by atoms with van der Waals surface area (Å²) < 4.78 is 4.17. The van der Waals surface area contributed by atoms with Crippen LogP contribution in [0.4, 0.5) is 5.69 Å². The van der Waals surface area contributed by atoms with Gasteiger partial charge in [0.15, 0.2) is 0 Å². The fraction of sp³-hybridized carbons (Fsp3) is 0.200. The van der Waals surface area contributed by atoms with E-state index >= 15 is 0 Å². The molecule has 1 amide bonds. The van der Waals surface area contributed by atoms with E-state index in [4.69, 9.17) is 0 Å². The van der Waals surface area contributed by atoms with Crippen LogP contribution in [0.5, 0.6) is 0 Å². The van der Waals surface area contributed by atoms with Gasteiger partial charge in [0, 0.05) is 17.0 Å². The Morgan fingerprint density at radius 1 is 1.21 bits per heavy atom. The van der Waals surface area contributed by atoms with E-state index in [1.54, 1.807) is 22.9 Å². The van der Waals surface area contributed by atoms with Crippen molar-refractivity contribution in [3.05, 3.63) is 57.4 Å². The van der Waals surface area contributed by atoms with E-state index in [1.807, 2.05) is 47.9 Å². The summed E-state index contributed by atoms with van der Waals surface area (Å²) in [5, 5.41) is 10.4. The van der Waals surface area contributed by atoms with E-state index < -0.39 is 0 Å². The van der Waals surface area contributed by atoms with Crippen molar-refractivity contribution in [2.24, 2.45) is 0 Å². The number of carbonyl (C=O) groups is 1. The minimum Gasteiger partial charge on any atom is -0.324 e. The summed E-state index contributed by atoms with van der Waals surface area (Å²) in [6, 6.07) is 9.41. The molecule has 0 bridgehead atoms. The van der Waals surface area contributed by atoms with Crippen molar-refractivity contribution in [3.8, 4) is 0 Å². The largest absolute Gasteiger partial charge is 0.324 e. The number of nitrogens with zero attached hydrogens (tertiary/aromatic N) is 4. The van der Waals surface area contributed by atoms with Gasteiger partial charge in [0.1, 0.15) is 22.7 Å². The van der Waals surface area contributed by atoms with Crippen LogP contribution in [-0.4, -0.2) is 25.1 Å². The Morgan fingerprint density at radius 2 is 2.07 bits per heavy atom. The molecule has 1 N–H and O–H groups in total. The van der Waals surface area contributed by atoms with Gasteiger partial charge in [-0.25, -0.2) is 9.67 Å². The van der Waals surface area contributed by atoms with Crippen molar-refractivity contribution in [3.63, 3.8) is 0 Å². The van der Waals surface area contributed by atoms with Crippen molar-refractivity contribution in [2.75, 3.05) is 5.32 Å². The standard InChI is InChI=1S/C20H17N5O2S2/c1-11(2)18-23-24(19(27)15-7-12-5-6-28-20(12)25(15)18)9-17(26)22-13-3-4-14-16(8-13)29-10-21-14/h3-8,10-11H,9H2,1-2H3,(H,22,26). The molecule has 7 nitrogen and oxygen atoms in total. The fourth-order valence-electron chi connectivity index (χ4n) is 3.41. The molecule has 0 saturated carbocycles. The molecule has 29 heavy (non-hydrogen) atoms. The van der Waals surface area contributed by atoms with E-state index in [9.17, 15) is 9.59 Å². The van der Waals surface area contributed by atoms with Crippen LogP contribution in [-0.2, 0) is 11.3 Å². The van der Waals surface area contributed by atoms with Crippen molar-refractivity contribution in [1.82, 2.24) is 19.2 Å². The number of rotatable bonds is 4.